The van der Waals surface area contributed by atoms with Crippen molar-refractivity contribution in [2.75, 3.05) is 142 Å². The predicted molar refractivity (Wildman–Crippen MR) is 292 cm³/mol. The molecule has 78 heavy (non-hydrogen) atoms. The molecule has 0 spiro atoms. The Morgan fingerprint density at radius 2 is 1.32 bits per heavy atom. The average molecular weight is 1090 g/mol. The Morgan fingerprint density at radius 3 is 2.00 bits per heavy atom. The zero-order valence-corrected chi connectivity index (χ0v) is 45.8. The number of pyridine rings is 1. The molecular formula is C58H79F3N6O11. The monoisotopic (exact) mass is 1090 g/mol. The number of amides is 4. The Balaban J connectivity index is 0.939. The summed E-state index contributed by atoms with van der Waals surface area (Å²) in [5.41, 5.74) is 3.60. The number of aryl methyl sites for hydroxylation is 1. The van der Waals surface area contributed by atoms with Crippen molar-refractivity contribution in [3.63, 3.8) is 0 Å². The molecule has 1 unspecified atom stereocenters. The molecule has 1 aromatic heterocycles. The zero-order valence-electron chi connectivity index (χ0n) is 45.8. The molecular weight excluding hydrogens is 1010 g/mol. The van der Waals surface area contributed by atoms with Crippen LogP contribution in [0.2, 0.25) is 0 Å². The molecule has 0 saturated carbocycles. The second kappa shape index (κ2) is 34.8. The Morgan fingerprint density at radius 1 is 0.692 bits per heavy atom. The lowest BCUT2D eigenvalue weighted by Crippen LogP contribution is -2.46. The summed E-state index contributed by atoms with van der Waals surface area (Å²) in [7, 11) is 1.77. The molecule has 20 heteroatoms. The number of likely N-dealkylation sites (N-methyl/N-ethyl adjacent to an activating group) is 1. The van der Waals surface area contributed by atoms with E-state index in [0.29, 0.717) is 140 Å². The fourth-order valence-electron chi connectivity index (χ4n) is 8.63. The molecule has 1 atom stereocenters. The number of carbonyl (C=O) groups excluding carboxylic acids is 4. The van der Waals surface area contributed by atoms with E-state index >= 15 is 0 Å². The van der Waals surface area contributed by atoms with E-state index in [9.17, 15) is 32.3 Å². The number of anilines is 2. The molecule has 4 aromatic rings. The minimum absolute atomic E-state index is 0.0218. The van der Waals surface area contributed by atoms with Gasteiger partial charge >= 0.3 is 6.18 Å². The van der Waals surface area contributed by atoms with Gasteiger partial charge in [-0.25, -0.2) is 0 Å². The van der Waals surface area contributed by atoms with Crippen LogP contribution in [0.15, 0.2) is 85.1 Å². The van der Waals surface area contributed by atoms with E-state index in [4.69, 9.17) is 33.2 Å². The molecule has 1 aliphatic rings. The van der Waals surface area contributed by atoms with E-state index in [1.165, 1.54) is 24.4 Å². The van der Waals surface area contributed by atoms with E-state index in [1.807, 2.05) is 57.2 Å². The minimum Gasteiger partial charge on any atom is -0.379 e. The quantitative estimate of drug-likeness (QED) is 0.0420. The normalized spacial score (nSPS) is 13.6. The number of halogens is 3. The molecule has 2 heterocycles. The second-order valence-electron chi connectivity index (χ2n) is 18.5. The molecule has 5 rings (SSSR count). The van der Waals surface area contributed by atoms with Crippen LogP contribution in [0.1, 0.15) is 83.9 Å². The summed E-state index contributed by atoms with van der Waals surface area (Å²) in [6.07, 6.45) is 0.171. The largest absolute Gasteiger partial charge is 0.416 e. The maximum atomic E-state index is 13.8. The van der Waals surface area contributed by atoms with Crippen molar-refractivity contribution in [3.8, 4) is 11.3 Å². The van der Waals surface area contributed by atoms with Crippen molar-refractivity contribution >= 4 is 35.0 Å². The van der Waals surface area contributed by atoms with Crippen LogP contribution in [-0.4, -0.2) is 171 Å². The van der Waals surface area contributed by atoms with Crippen molar-refractivity contribution in [3.05, 3.63) is 113 Å². The fraction of sp³-hybridized carbons (Fsp3) is 0.534. The molecule has 0 radical (unpaired) electrons. The SMILES string of the molecule is CCOCCOCCOCCN(C)C(=O)C1CCCN(C(=O)CCOCCOCCOCCOCCCc2cccc(C(=O)Nc3ccc(N(CC)CC)cc3-c3cc(C(=O)NCc4cccc(C(F)(F)F)c4)ccn3)c2)C1. The molecule has 4 amide bonds. The summed E-state index contributed by atoms with van der Waals surface area (Å²) in [5.74, 6) is -1.04. The van der Waals surface area contributed by atoms with Crippen molar-refractivity contribution in [1.29, 1.82) is 0 Å². The number of piperidine rings is 1. The lowest BCUT2D eigenvalue weighted by atomic mass is 9.96. The molecule has 17 nitrogen and oxygen atoms in total. The number of rotatable bonds is 36. The van der Waals surface area contributed by atoms with E-state index in [-0.39, 0.29) is 48.8 Å². The number of benzene rings is 3. The fourth-order valence-corrected chi connectivity index (χ4v) is 8.63. The third kappa shape index (κ3) is 22.0. The Hall–Kier alpha value is -6.00. The number of ether oxygens (including phenoxy) is 7. The van der Waals surface area contributed by atoms with Crippen molar-refractivity contribution < 1.29 is 65.5 Å². The van der Waals surface area contributed by atoms with Gasteiger partial charge in [-0.15, -0.1) is 0 Å². The van der Waals surface area contributed by atoms with Crippen LogP contribution in [-0.2, 0) is 61.9 Å². The van der Waals surface area contributed by atoms with Crippen LogP contribution in [0.3, 0.4) is 0 Å². The summed E-state index contributed by atoms with van der Waals surface area (Å²) in [6.45, 7) is 15.1. The first kappa shape index (κ1) is 62.8. The number of alkyl halides is 3. The van der Waals surface area contributed by atoms with Crippen molar-refractivity contribution in [2.45, 2.75) is 65.6 Å². The van der Waals surface area contributed by atoms with Gasteiger partial charge in [0.15, 0.2) is 0 Å². The van der Waals surface area contributed by atoms with E-state index in [0.717, 1.165) is 55.7 Å². The topological polar surface area (TPSA) is 180 Å². The van der Waals surface area contributed by atoms with Gasteiger partial charge in [0.25, 0.3) is 11.8 Å². The van der Waals surface area contributed by atoms with Gasteiger partial charge in [-0.3, -0.25) is 24.2 Å². The summed E-state index contributed by atoms with van der Waals surface area (Å²) in [5, 5.41) is 5.75. The minimum atomic E-state index is -4.50. The van der Waals surface area contributed by atoms with E-state index in [2.05, 4.69) is 20.5 Å². The van der Waals surface area contributed by atoms with Gasteiger partial charge in [-0.1, -0.05) is 24.3 Å². The Kier molecular flexibility index (Phi) is 28.0. The molecule has 1 saturated heterocycles. The maximum absolute atomic E-state index is 13.8. The average Bonchev–Trinajstić information content (AvgIpc) is 3.46. The summed E-state index contributed by atoms with van der Waals surface area (Å²) in [6, 6.07) is 21.0. The van der Waals surface area contributed by atoms with Gasteiger partial charge < -0.3 is 58.5 Å². The van der Waals surface area contributed by atoms with Crippen LogP contribution in [0.5, 0.6) is 0 Å². The highest BCUT2D eigenvalue weighted by Gasteiger charge is 2.31. The van der Waals surface area contributed by atoms with Gasteiger partial charge in [0.1, 0.15) is 0 Å². The highest BCUT2D eigenvalue weighted by molar-refractivity contribution is 6.06. The molecule has 428 valence electrons. The summed E-state index contributed by atoms with van der Waals surface area (Å²) >= 11 is 0. The van der Waals surface area contributed by atoms with Crippen LogP contribution >= 0.6 is 0 Å². The first-order chi connectivity index (χ1) is 37.8. The smallest absolute Gasteiger partial charge is 0.379 e. The van der Waals surface area contributed by atoms with Crippen molar-refractivity contribution in [2.24, 2.45) is 5.92 Å². The van der Waals surface area contributed by atoms with Crippen LogP contribution < -0.4 is 15.5 Å². The first-order valence-corrected chi connectivity index (χ1v) is 27.1. The number of nitrogens with one attached hydrogen (secondary N) is 2. The van der Waals surface area contributed by atoms with Gasteiger partial charge in [0.2, 0.25) is 11.8 Å². The lowest BCUT2D eigenvalue weighted by molar-refractivity contribution is -0.141. The number of nitrogens with zero attached hydrogens (tertiary/aromatic N) is 4. The number of hydrogen-bond donors (Lipinski definition) is 2. The lowest BCUT2D eigenvalue weighted by Gasteiger charge is -2.34. The van der Waals surface area contributed by atoms with E-state index in [1.54, 1.807) is 29.0 Å². The third-order valence-electron chi connectivity index (χ3n) is 12.9. The molecule has 0 aliphatic carbocycles. The predicted octanol–water partition coefficient (Wildman–Crippen LogP) is 7.95. The molecule has 1 fully saturated rings. The van der Waals surface area contributed by atoms with Gasteiger partial charge in [-0.05, 0) is 112 Å². The first-order valence-electron chi connectivity index (χ1n) is 27.1. The van der Waals surface area contributed by atoms with Crippen molar-refractivity contribution in [1.82, 2.24) is 20.1 Å². The summed E-state index contributed by atoms with van der Waals surface area (Å²) in [4.78, 5) is 63.2. The van der Waals surface area contributed by atoms with Gasteiger partial charge in [-0.2, -0.15) is 13.2 Å². The highest BCUT2D eigenvalue weighted by atomic mass is 19.4. The van der Waals surface area contributed by atoms with E-state index < -0.39 is 17.6 Å². The molecule has 1 aliphatic heterocycles. The zero-order chi connectivity index (χ0) is 56.0. The number of likely N-dealkylation sites (tertiary alicyclic amines) is 1. The highest BCUT2D eigenvalue weighted by Crippen LogP contribution is 2.33. The number of hydrogen-bond acceptors (Lipinski definition) is 13. The molecule has 3 aromatic carbocycles. The number of carbonyl (C=O) groups is 4. The van der Waals surface area contributed by atoms with Crippen LogP contribution in [0.25, 0.3) is 11.3 Å². The third-order valence-corrected chi connectivity index (χ3v) is 12.9. The van der Waals surface area contributed by atoms with Crippen LogP contribution in [0, 0.1) is 5.92 Å². The van der Waals surface area contributed by atoms with Crippen LogP contribution in [0.4, 0.5) is 24.5 Å². The second-order valence-corrected chi connectivity index (χ2v) is 18.5. The molecule has 2 N–H and O–H groups in total. The maximum Gasteiger partial charge on any atom is 0.416 e. The van der Waals surface area contributed by atoms with Gasteiger partial charge in [0, 0.05) is 88.1 Å². The number of aromatic nitrogens is 1. The molecule has 0 bridgehead atoms. The summed E-state index contributed by atoms with van der Waals surface area (Å²) < 4.78 is 78.8. The Labute approximate surface area is 457 Å². The standard InChI is InChI=1S/C58H79F3N6O11/c1-5-66(6-2)50-18-19-52(51(41-50)53-40-47(20-22-62-53)55(69)63-42-45-13-9-17-49(39-45)58(59,60)61)64-56(70)46-15-8-12-44(38-46)14-11-25-73-30-33-77-36-37-78-34-31-74-26-21-54(68)67-23-10-16-48(43-67)57(71)65(4)24-27-75-32-35-76-29-28-72-7-3/h8-9,12-13,15,17-20,22,38-41,48H,5-7,10-11,14,16,21,23-37,42-43H2,1-4H3,(H,63,69)(H,64,70). The Bertz CT molecular complexity index is 2440. The van der Waals surface area contributed by atoms with Gasteiger partial charge in [0.05, 0.1) is 109 Å².